The minimum Gasteiger partial charge on any atom is -0.324 e. The Kier molecular flexibility index (Phi) is 6.40. The number of rotatable bonds is 8. The maximum atomic E-state index is 6.26. The van der Waals surface area contributed by atoms with Crippen LogP contribution in [0.5, 0.6) is 0 Å². The molecule has 0 spiro atoms. The van der Waals surface area contributed by atoms with Gasteiger partial charge in [0.15, 0.2) is 0 Å². The molecule has 0 aliphatic carbocycles. The Morgan fingerprint density at radius 3 is 2.39 bits per heavy atom. The summed E-state index contributed by atoms with van der Waals surface area (Å²) in [5, 5.41) is 0. The fraction of sp³-hybridized carbons (Fsp3) is 0.375. The largest absolute Gasteiger partial charge is 0.324 e. The van der Waals surface area contributed by atoms with Gasteiger partial charge in [-0.05, 0) is 24.5 Å². The van der Waals surface area contributed by atoms with E-state index in [9.17, 15) is 0 Å². The molecule has 0 bridgehead atoms. The van der Waals surface area contributed by atoms with Gasteiger partial charge < -0.3 is 5.73 Å². The fourth-order valence-electron chi connectivity index (χ4n) is 2.10. The van der Waals surface area contributed by atoms with Crippen molar-refractivity contribution in [3.63, 3.8) is 0 Å². The number of aryl methyl sites for hydroxylation is 1. The summed E-state index contributed by atoms with van der Waals surface area (Å²) < 4.78 is 0. The van der Waals surface area contributed by atoms with Crippen molar-refractivity contribution in [2.24, 2.45) is 5.73 Å². The number of nitrogens with two attached hydrogens (primary N) is 1. The Balaban J connectivity index is 2.54. The van der Waals surface area contributed by atoms with E-state index in [2.05, 4.69) is 37.1 Å². The van der Waals surface area contributed by atoms with Crippen LogP contribution in [0.3, 0.4) is 0 Å². The number of hydrogen-bond donors (Lipinski definition) is 1. The fourth-order valence-corrected chi connectivity index (χ4v) is 2.10. The van der Waals surface area contributed by atoms with Gasteiger partial charge in [-0.25, -0.2) is 0 Å². The average Bonchev–Trinajstić information content (AvgIpc) is 2.36. The van der Waals surface area contributed by atoms with Crippen LogP contribution in [-0.2, 0) is 0 Å². The van der Waals surface area contributed by atoms with Crippen molar-refractivity contribution in [2.45, 2.75) is 19.4 Å². The maximum Gasteiger partial charge on any atom is 0.0309 e. The molecule has 2 heteroatoms. The predicted molar refractivity (Wildman–Crippen MR) is 79.6 cm³/mol. The van der Waals surface area contributed by atoms with E-state index in [1.165, 1.54) is 11.1 Å². The van der Waals surface area contributed by atoms with Crippen molar-refractivity contribution in [3.05, 3.63) is 60.7 Å². The van der Waals surface area contributed by atoms with Gasteiger partial charge in [-0.1, -0.05) is 36.4 Å². The van der Waals surface area contributed by atoms with Gasteiger partial charge in [0.2, 0.25) is 0 Å². The van der Waals surface area contributed by atoms with Crippen molar-refractivity contribution in [1.82, 2.24) is 4.90 Å². The zero-order valence-electron chi connectivity index (χ0n) is 11.3. The Bertz CT molecular complexity index is 374. The highest BCUT2D eigenvalue weighted by Gasteiger charge is 2.10. The predicted octanol–water partition coefficient (Wildman–Crippen LogP) is 3.06. The molecule has 0 amide bonds. The normalized spacial score (nSPS) is 12.4. The maximum absolute atomic E-state index is 6.26. The number of nitrogens with zero attached hydrogens (tertiary/aromatic N) is 1. The van der Waals surface area contributed by atoms with Crippen LogP contribution in [0.4, 0.5) is 0 Å². The highest BCUT2D eigenvalue weighted by Crippen LogP contribution is 2.18. The van der Waals surface area contributed by atoms with Crippen LogP contribution in [0.25, 0.3) is 0 Å². The molecule has 1 aromatic rings. The van der Waals surface area contributed by atoms with E-state index in [1.807, 2.05) is 24.3 Å². The van der Waals surface area contributed by atoms with Crippen LogP contribution in [0, 0.1) is 6.92 Å². The van der Waals surface area contributed by atoms with Gasteiger partial charge in [0.25, 0.3) is 0 Å². The summed E-state index contributed by atoms with van der Waals surface area (Å²) in [5.41, 5.74) is 8.77. The molecular formula is C16H24N2. The van der Waals surface area contributed by atoms with E-state index < -0.39 is 0 Å². The second kappa shape index (κ2) is 7.85. The first-order valence-electron chi connectivity index (χ1n) is 6.44. The molecule has 0 aliphatic heterocycles. The van der Waals surface area contributed by atoms with Crippen molar-refractivity contribution in [3.8, 4) is 0 Å². The third kappa shape index (κ3) is 4.47. The van der Waals surface area contributed by atoms with E-state index in [0.717, 1.165) is 26.1 Å². The van der Waals surface area contributed by atoms with Crippen LogP contribution in [0.1, 0.15) is 23.6 Å². The molecule has 2 nitrogen and oxygen atoms in total. The lowest BCUT2D eigenvalue weighted by Gasteiger charge is -2.22. The van der Waals surface area contributed by atoms with Gasteiger partial charge >= 0.3 is 0 Å². The molecule has 0 fully saturated rings. The molecule has 0 aromatic heterocycles. The molecular weight excluding hydrogens is 220 g/mol. The molecule has 98 valence electrons. The highest BCUT2D eigenvalue weighted by atomic mass is 15.1. The van der Waals surface area contributed by atoms with E-state index in [1.54, 1.807) is 0 Å². The molecule has 1 aromatic carbocycles. The quantitative estimate of drug-likeness (QED) is 0.712. The minimum absolute atomic E-state index is 0.100. The van der Waals surface area contributed by atoms with Crippen molar-refractivity contribution in [2.75, 3.05) is 19.6 Å². The first-order chi connectivity index (χ1) is 8.69. The van der Waals surface area contributed by atoms with Crippen LogP contribution >= 0.6 is 0 Å². The molecule has 0 aliphatic rings. The average molecular weight is 244 g/mol. The standard InChI is InChI=1S/C16H24N2/c1-4-11-18(12-5-2)13-10-16(17)15-9-7-6-8-14(15)3/h4-9,16H,1-2,10-13,17H2,3H3. The van der Waals surface area contributed by atoms with E-state index in [4.69, 9.17) is 5.73 Å². The van der Waals surface area contributed by atoms with Gasteiger partial charge in [0.1, 0.15) is 0 Å². The summed E-state index contributed by atoms with van der Waals surface area (Å²) in [6.45, 7) is 12.4. The van der Waals surface area contributed by atoms with Crippen LogP contribution < -0.4 is 5.73 Å². The lowest BCUT2D eigenvalue weighted by atomic mass is 9.99. The van der Waals surface area contributed by atoms with Crippen LogP contribution in [-0.4, -0.2) is 24.5 Å². The summed E-state index contributed by atoms with van der Waals surface area (Å²) in [6.07, 6.45) is 4.79. The summed E-state index contributed by atoms with van der Waals surface area (Å²) in [6, 6.07) is 8.43. The van der Waals surface area contributed by atoms with Gasteiger partial charge in [0.05, 0.1) is 0 Å². The Morgan fingerprint density at radius 2 is 1.83 bits per heavy atom. The number of hydrogen-bond acceptors (Lipinski definition) is 2. The molecule has 0 saturated carbocycles. The second-order valence-corrected chi connectivity index (χ2v) is 4.59. The third-order valence-corrected chi connectivity index (χ3v) is 3.12. The smallest absolute Gasteiger partial charge is 0.0309 e. The Labute approximate surface area is 111 Å². The van der Waals surface area contributed by atoms with Crippen LogP contribution in [0.2, 0.25) is 0 Å². The third-order valence-electron chi connectivity index (χ3n) is 3.12. The van der Waals surface area contributed by atoms with E-state index >= 15 is 0 Å². The molecule has 18 heavy (non-hydrogen) atoms. The summed E-state index contributed by atoms with van der Waals surface area (Å²) in [4.78, 5) is 2.29. The van der Waals surface area contributed by atoms with Gasteiger partial charge in [-0.2, -0.15) is 0 Å². The van der Waals surface area contributed by atoms with Crippen molar-refractivity contribution in [1.29, 1.82) is 0 Å². The lowest BCUT2D eigenvalue weighted by molar-refractivity contribution is 0.319. The van der Waals surface area contributed by atoms with Gasteiger partial charge in [-0.15, -0.1) is 13.2 Å². The molecule has 1 rings (SSSR count). The minimum atomic E-state index is 0.100. The molecule has 1 unspecified atom stereocenters. The van der Waals surface area contributed by atoms with E-state index in [-0.39, 0.29) is 6.04 Å². The zero-order chi connectivity index (χ0) is 13.4. The Morgan fingerprint density at radius 1 is 1.22 bits per heavy atom. The van der Waals surface area contributed by atoms with Gasteiger partial charge in [-0.3, -0.25) is 4.90 Å². The molecule has 0 heterocycles. The number of benzene rings is 1. The SMILES string of the molecule is C=CCN(CC=C)CCC(N)c1ccccc1C. The second-order valence-electron chi connectivity index (χ2n) is 4.59. The lowest BCUT2D eigenvalue weighted by Crippen LogP contribution is -2.28. The highest BCUT2D eigenvalue weighted by molar-refractivity contribution is 5.28. The molecule has 1 atom stereocenters. The van der Waals surface area contributed by atoms with Crippen LogP contribution in [0.15, 0.2) is 49.6 Å². The summed E-state index contributed by atoms with van der Waals surface area (Å²) in [5.74, 6) is 0. The first kappa shape index (κ1) is 14.7. The monoisotopic (exact) mass is 244 g/mol. The summed E-state index contributed by atoms with van der Waals surface area (Å²) >= 11 is 0. The topological polar surface area (TPSA) is 29.3 Å². The van der Waals surface area contributed by atoms with Gasteiger partial charge in [0, 0.05) is 25.7 Å². The summed E-state index contributed by atoms with van der Waals surface area (Å²) in [7, 11) is 0. The molecule has 2 N–H and O–H groups in total. The van der Waals surface area contributed by atoms with E-state index in [0.29, 0.717) is 0 Å². The first-order valence-corrected chi connectivity index (χ1v) is 6.44. The molecule has 0 saturated heterocycles. The van der Waals surface area contributed by atoms with Crippen molar-refractivity contribution < 1.29 is 0 Å². The van der Waals surface area contributed by atoms with Crippen molar-refractivity contribution >= 4 is 0 Å². The molecule has 0 radical (unpaired) electrons. The zero-order valence-corrected chi connectivity index (χ0v) is 11.3. The Hall–Kier alpha value is -1.38.